The van der Waals surface area contributed by atoms with Gasteiger partial charge in [0.2, 0.25) is 0 Å². The van der Waals surface area contributed by atoms with Crippen molar-refractivity contribution < 1.29 is 22.9 Å². The molecule has 1 heterocycles. The lowest BCUT2D eigenvalue weighted by atomic mass is 10.1. The lowest BCUT2D eigenvalue weighted by Crippen LogP contribution is -2.38. The van der Waals surface area contributed by atoms with Gasteiger partial charge in [0, 0.05) is 11.6 Å². The first-order valence-corrected chi connectivity index (χ1v) is 14.3. The number of carboxylic acid groups (broad SMARTS) is 1. The van der Waals surface area contributed by atoms with Gasteiger partial charge >= 0.3 is 16.1 Å². The van der Waals surface area contributed by atoms with Gasteiger partial charge in [-0.2, -0.15) is 8.42 Å². The van der Waals surface area contributed by atoms with E-state index in [-0.39, 0.29) is 19.5 Å². The summed E-state index contributed by atoms with van der Waals surface area (Å²) in [5.74, 6) is -1.02. The van der Waals surface area contributed by atoms with E-state index in [0.717, 1.165) is 37.7 Å². The Hall–Kier alpha value is -2.72. The number of halogens is 1. The molecular weight excluding hydrogens is 514 g/mol. The molecule has 3 N–H and O–H groups in total. The highest BCUT2D eigenvalue weighted by molar-refractivity contribution is 7.85. The molecule has 37 heavy (non-hydrogen) atoms. The van der Waals surface area contributed by atoms with E-state index in [1.54, 1.807) is 24.3 Å². The molecule has 0 aliphatic heterocycles. The van der Waals surface area contributed by atoms with E-state index in [4.69, 9.17) is 11.6 Å². The summed E-state index contributed by atoms with van der Waals surface area (Å²) in [6, 6.07) is 15.4. The van der Waals surface area contributed by atoms with Crippen LogP contribution in [0, 0.1) is 0 Å². The van der Waals surface area contributed by atoms with Crippen molar-refractivity contribution in [3.05, 3.63) is 82.1 Å². The van der Waals surface area contributed by atoms with Crippen LogP contribution in [-0.4, -0.2) is 39.6 Å². The standard InChI is InChI=1S/C27H34ClN3O5S/c1-2-3-4-5-9-16-23-25(18-29-24(26(32)33)17-20-12-7-6-8-13-20)31(27(30-23)37(34,35)36)19-21-14-10-11-15-22(21)28/h6-8,10-15,24,29H,2-5,9,16-19H2,1H3,(H,32,33)(H,34,35,36). The van der Waals surface area contributed by atoms with Gasteiger partial charge in [0.05, 0.1) is 17.9 Å². The molecular formula is C27H34ClN3O5S. The molecule has 1 aromatic heterocycles. The number of aromatic nitrogens is 2. The maximum absolute atomic E-state index is 12.3. The van der Waals surface area contributed by atoms with Gasteiger partial charge in [0.15, 0.2) is 0 Å². The van der Waals surface area contributed by atoms with Crippen molar-refractivity contribution in [2.45, 2.75) is 76.2 Å². The molecule has 0 saturated carbocycles. The molecule has 0 bridgehead atoms. The fraction of sp³-hybridized carbons (Fsp3) is 0.407. The molecule has 0 amide bonds. The predicted octanol–water partition coefficient (Wildman–Crippen LogP) is 5.13. The summed E-state index contributed by atoms with van der Waals surface area (Å²) in [6.45, 7) is 2.25. The molecule has 10 heteroatoms. The number of carboxylic acids is 1. The van der Waals surface area contributed by atoms with Crippen molar-refractivity contribution in [2.75, 3.05) is 0 Å². The third-order valence-electron chi connectivity index (χ3n) is 6.25. The number of unbranched alkanes of at least 4 members (excludes halogenated alkanes) is 4. The Kier molecular flexibility index (Phi) is 10.7. The normalized spacial score (nSPS) is 12.5. The largest absolute Gasteiger partial charge is 0.480 e. The molecule has 1 unspecified atom stereocenters. The molecule has 0 fully saturated rings. The number of benzene rings is 2. The number of aliphatic carboxylic acids is 1. The topological polar surface area (TPSA) is 122 Å². The molecule has 0 aliphatic rings. The maximum atomic E-state index is 12.3. The Morgan fingerprint density at radius 3 is 2.38 bits per heavy atom. The smallest absolute Gasteiger partial charge is 0.328 e. The molecule has 0 aliphatic carbocycles. The second-order valence-electron chi connectivity index (χ2n) is 9.07. The van der Waals surface area contributed by atoms with E-state index >= 15 is 0 Å². The van der Waals surface area contributed by atoms with E-state index in [9.17, 15) is 22.9 Å². The van der Waals surface area contributed by atoms with Crippen LogP contribution in [-0.2, 0) is 40.8 Å². The summed E-state index contributed by atoms with van der Waals surface area (Å²) in [4.78, 5) is 16.4. The average molecular weight is 548 g/mol. The minimum atomic E-state index is -4.65. The van der Waals surface area contributed by atoms with E-state index in [1.165, 1.54) is 4.57 Å². The zero-order valence-corrected chi connectivity index (χ0v) is 22.5. The van der Waals surface area contributed by atoms with E-state index in [2.05, 4.69) is 17.2 Å². The van der Waals surface area contributed by atoms with E-state index in [1.807, 2.05) is 30.3 Å². The number of nitrogens with zero attached hydrogens (tertiary/aromatic N) is 2. The third-order valence-corrected chi connectivity index (χ3v) is 7.39. The third kappa shape index (κ3) is 8.39. The summed E-state index contributed by atoms with van der Waals surface area (Å²) in [5, 5.41) is 12.9. The number of rotatable bonds is 15. The second-order valence-corrected chi connectivity index (χ2v) is 10.8. The van der Waals surface area contributed by atoms with E-state index < -0.39 is 27.3 Å². The maximum Gasteiger partial charge on any atom is 0.328 e. The highest BCUT2D eigenvalue weighted by Gasteiger charge is 2.27. The summed E-state index contributed by atoms with van der Waals surface area (Å²) in [5.41, 5.74) is 2.55. The van der Waals surface area contributed by atoms with Crippen molar-refractivity contribution >= 4 is 27.7 Å². The first-order valence-electron chi connectivity index (χ1n) is 12.5. The lowest BCUT2D eigenvalue weighted by Gasteiger charge is -2.18. The molecule has 1 atom stereocenters. The molecule has 0 saturated heterocycles. The molecule has 0 spiro atoms. The van der Waals surface area contributed by atoms with Crippen LogP contribution in [0.5, 0.6) is 0 Å². The quantitative estimate of drug-likeness (QED) is 0.178. The zero-order valence-electron chi connectivity index (χ0n) is 20.9. The van der Waals surface area contributed by atoms with Crippen LogP contribution in [0.4, 0.5) is 0 Å². The summed E-state index contributed by atoms with van der Waals surface area (Å²) < 4.78 is 36.1. The Bertz CT molecular complexity index is 1280. The Morgan fingerprint density at radius 2 is 1.73 bits per heavy atom. The molecule has 0 radical (unpaired) electrons. The number of hydrogen-bond donors (Lipinski definition) is 3. The monoisotopic (exact) mass is 547 g/mol. The van der Waals surface area contributed by atoms with Gasteiger partial charge in [-0.25, -0.2) is 4.98 Å². The van der Waals surface area contributed by atoms with Crippen molar-refractivity contribution in [3.63, 3.8) is 0 Å². The van der Waals surface area contributed by atoms with Gasteiger partial charge in [-0.05, 0) is 36.5 Å². The van der Waals surface area contributed by atoms with E-state index in [0.29, 0.717) is 28.4 Å². The number of carbonyl (C=O) groups is 1. The highest BCUT2D eigenvalue weighted by atomic mass is 35.5. The summed E-state index contributed by atoms with van der Waals surface area (Å²) >= 11 is 6.35. The van der Waals surface area contributed by atoms with Crippen LogP contribution in [0.3, 0.4) is 0 Å². The summed E-state index contributed by atoms with van der Waals surface area (Å²) in [7, 11) is -4.65. The Morgan fingerprint density at radius 1 is 1.05 bits per heavy atom. The van der Waals surface area contributed by atoms with Gasteiger partial charge in [-0.15, -0.1) is 0 Å². The number of aryl methyl sites for hydroxylation is 1. The number of nitrogens with one attached hydrogen (secondary N) is 1. The fourth-order valence-corrected chi connectivity index (χ4v) is 5.15. The van der Waals surface area contributed by atoms with Gasteiger partial charge < -0.3 is 9.67 Å². The molecule has 2 aromatic carbocycles. The van der Waals surface area contributed by atoms with Crippen LogP contribution < -0.4 is 5.32 Å². The van der Waals surface area contributed by atoms with Crippen LogP contribution in [0.2, 0.25) is 5.02 Å². The Labute approximate surface area is 223 Å². The van der Waals surface area contributed by atoms with Gasteiger partial charge in [0.1, 0.15) is 6.04 Å². The van der Waals surface area contributed by atoms with Crippen LogP contribution >= 0.6 is 11.6 Å². The van der Waals surface area contributed by atoms with Crippen LogP contribution in [0.15, 0.2) is 59.8 Å². The minimum absolute atomic E-state index is 0.0566. The zero-order chi connectivity index (χ0) is 26.8. The SMILES string of the molecule is CCCCCCCc1nc(S(=O)(=O)O)n(Cc2ccccc2Cl)c1CNC(Cc1ccccc1)C(=O)O. The average Bonchev–Trinajstić information content (AvgIpc) is 3.21. The molecule has 200 valence electrons. The first kappa shape index (κ1) is 28.8. The van der Waals surface area contributed by atoms with Gasteiger partial charge in [-0.1, -0.05) is 92.7 Å². The lowest BCUT2D eigenvalue weighted by molar-refractivity contribution is -0.139. The second kappa shape index (κ2) is 13.7. The molecule has 3 aromatic rings. The number of imidazole rings is 1. The predicted molar refractivity (Wildman–Crippen MR) is 143 cm³/mol. The molecule has 8 nitrogen and oxygen atoms in total. The Balaban J connectivity index is 1.95. The van der Waals surface area contributed by atoms with Crippen LogP contribution in [0.1, 0.15) is 61.5 Å². The van der Waals surface area contributed by atoms with Crippen molar-refractivity contribution in [1.82, 2.24) is 14.9 Å². The first-order chi connectivity index (χ1) is 17.7. The van der Waals surface area contributed by atoms with Crippen LogP contribution in [0.25, 0.3) is 0 Å². The minimum Gasteiger partial charge on any atom is -0.480 e. The van der Waals surface area contributed by atoms with Gasteiger partial charge in [-0.3, -0.25) is 14.7 Å². The van der Waals surface area contributed by atoms with Crippen molar-refractivity contribution in [2.24, 2.45) is 0 Å². The van der Waals surface area contributed by atoms with Crippen molar-refractivity contribution in [1.29, 1.82) is 0 Å². The molecule has 3 rings (SSSR count). The number of hydrogen-bond acceptors (Lipinski definition) is 5. The highest BCUT2D eigenvalue weighted by Crippen LogP contribution is 2.24. The van der Waals surface area contributed by atoms with Crippen molar-refractivity contribution in [3.8, 4) is 0 Å². The summed E-state index contributed by atoms with van der Waals surface area (Å²) in [6.07, 6.45) is 5.81. The van der Waals surface area contributed by atoms with Gasteiger partial charge in [0.25, 0.3) is 5.16 Å². The fourth-order valence-electron chi connectivity index (χ4n) is 4.28.